The zero-order valence-electron chi connectivity index (χ0n) is 14.4. The van der Waals surface area contributed by atoms with Crippen LogP contribution in [0.2, 0.25) is 0 Å². The zero-order chi connectivity index (χ0) is 18.9. The van der Waals surface area contributed by atoms with E-state index in [0.29, 0.717) is 18.8 Å². The van der Waals surface area contributed by atoms with Crippen molar-refractivity contribution in [3.8, 4) is 6.07 Å². The molecular formula is C20H20IN3O2. The third-order valence-electron chi connectivity index (χ3n) is 3.73. The van der Waals surface area contributed by atoms with Crippen molar-refractivity contribution in [2.75, 3.05) is 18.5 Å². The van der Waals surface area contributed by atoms with Crippen LogP contribution in [0.25, 0.3) is 0 Å². The van der Waals surface area contributed by atoms with Gasteiger partial charge in [0.1, 0.15) is 11.6 Å². The molecule has 2 aromatic rings. The Balaban J connectivity index is 2.17. The average Bonchev–Trinajstić information content (AvgIpc) is 2.63. The van der Waals surface area contributed by atoms with E-state index in [4.69, 9.17) is 0 Å². The summed E-state index contributed by atoms with van der Waals surface area (Å²) >= 11 is 2.21. The lowest BCUT2D eigenvalue weighted by Crippen LogP contribution is -2.24. The maximum Gasteiger partial charge on any atom is 0.267 e. The highest BCUT2D eigenvalue weighted by atomic mass is 127. The summed E-state index contributed by atoms with van der Waals surface area (Å²) in [4.78, 5) is 14.2. The van der Waals surface area contributed by atoms with Crippen molar-refractivity contribution in [3.63, 3.8) is 0 Å². The molecule has 2 aromatic carbocycles. The number of hydrogen-bond donors (Lipinski definition) is 2. The Labute approximate surface area is 167 Å². The van der Waals surface area contributed by atoms with Crippen LogP contribution in [0.15, 0.2) is 60.3 Å². The minimum atomic E-state index is -0.465. The van der Waals surface area contributed by atoms with Gasteiger partial charge in [-0.05, 0) is 58.8 Å². The number of carbonyl (C=O) groups excluding carboxylic acids is 1. The lowest BCUT2D eigenvalue weighted by atomic mass is 10.2. The summed E-state index contributed by atoms with van der Waals surface area (Å²) in [7, 11) is 0. The first-order valence-corrected chi connectivity index (χ1v) is 9.19. The van der Waals surface area contributed by atoms with Crippen molar-refractivity contribution < 1.29 is 9.90 Å². The minimum Gasteiger partial charge on any atom is -0.395 e. The number of carbonyl (C=O) groups is 1. The number of amides is 1. The van der Waals surface area contributed by atoms with Crippen LogP contribution in [0, 0.1) is 21.8 Å². The number of nitriles is 1. The fourth-order valence-corrected chi connectivity index (χ4v) is 3.06. The van der Waals surface area contributed by atoms with E-state index in [1.165, 1.54) is 6.20 Å². The van der Waals surface area contributed by atoms with E-state index in [2.05, 4.69) is 27.9 Å². The highest BCUT2D eigenvalue weighted by Crippen LogP contribution is 2.18. The lowest BCUT2D eigenvalue weighted by molar-refractivity contribution is -0.112. The molecule has 0 aliphatic carbocycles. The highest BCUT2D eigenvalue weighted by molar-refractivity contribution is 14.1. The summed E-state index contributed by atoms with van der Waals surface area (Å²) in [6, 6.07) is 17.3. The van der Waals surface area contributed by atoms with Crippen molar-refractivity contribution in [1.29, 1.82) is 5.26 Å². The van der Waals surface area contributed by atoms with E-state index in [1.54, 1.807) is 4.90 Å². The molecule has 26 heavy (non-hydrogen) atoms. The van der Waals surface area contributed by atoms with Crippen molar-refractivity contribution >= 4 is 34.2 Å². The molecule has 0 aromatic heterocycles. The van der Waals surface area contributed by atoms with E-state index < -0.39 is 5.91 Å². The number of halogens is 1. The van der Waals surface area contributed by atoms with Crippen LogP contribution in [-0.4, -0.2) is 29.1 Å². The molecule has 0 radical (unpaired) electrons. The summed E-state index contributed by atoms with van der Waals surface area (Å²) in [5, 5.41) is 21.5. The summed E-state index contributed by atoms with van der Waals surface area (Å²) in [5.74, 6) is -0.465. The fourth-order valence-electron chi connectivity index (χ4n) is 2.41. The van der Waals surface area contributed by atoms with Crippen molar-refractivity contribution in [2.45, 2.75) is 13.5 Å². The molecule has 0 fully saturated rings. The van der Waals surface area contributed by atoms with Gasteiger partial charge in [-0.25, -0.2) is 0 Å². The van der Waals surface area contributed by atoms with Gasteiger partial charge in [0.05, 0.1) is 6.61 Å². The van der Waals surface area contributed by atoms with E-state index in [0.717, 1.165) is 14.7 Å². The predicted octanol–water partition coefficient (Wildman–Crippen LogP) is 3.44. The van der Waals surface area contributed by atoms with Gasteiger partial charge in [-0.3, -0.25) is 4.79 Å². The Morgan fingerprint density at radius 1 is 1.31 bits per heavy atom. The van der Waals surface area contributed by atoms with E-state index in [-0.39, 0.29) is 12.2 Å². The van der Waals surface area contributed by atoms with Crippen LogP contribution in [-0.2, 0) is 11.3 Å². The first-order valence-electron chi connectivity index (χ1n) is 8.11. The molecule has 6 heteroatoms. The first-order chi connectivity index (χ1) is 12.5. The normalized spacial score (nSPS) is 10.9. The molecule has 0 aliphatic heterocycles. The lowest BCUT2D eigenvalue weighted by Gasteiger charge is -2.20. The number of benzene rings is 2. The molecule has 134 valence electrons. The predicted molar refractivity (Wildman–Crippen MR) is 110 cm³/mol. The van der Waals surface area contributed by atoms with Crippen LogP contribution in [0.5, 0.6) is 0 Å². The van der Waals surface area contributed by atoms with E-state index >= 15 is 0 Å². The Kier molecular flexibility index (Phi) is 7.63. The number of rotatable bonds is 7. The smallest absolute Gasteiger partial charge is 0.267 e. The molecule has 0 saturated heterocycles. The summed E-state index contributed by atoms with van der Waals surface area (Å²) < 4.78 is 1.08. The standard InChI is InChI=1S/C20H20IN3O2/c1-15-11-18(21)7-8-19(15)23-20(26)17(12-22)14-24(9-10-25)13-16-5-3-2-4-6-16/h2-8,11,14,25H,9-10,13H2,1H3,(H,23,26)/b17-14-. The Morgan fingerprint density at radius 3 is 2.65 bits per heavy atom. The molecule has 0 atom stereocenters. The molecule has 0 aliphatic rings. The third-order valence-corrected chi connectivity index (χ3v) is 4.40. The average molecular weight is 461 g/mol. The highest BCUT2D eigenvalue weighted by Gasteiger charge is 2.13. The minimum absolute atomic E-state index is 0.00710. The van der Waals surface area contributed by atoms with Crippen molar-refractivity contribution in [2.24, 2.45) is 0 Å². The van der Waals surface area contributed by atoms with E-state index in [1.807, 2.05) is 61.5 Å². The zero-order valence-corrected chi connectivity index (χ0v) is 16.6. The molecule has 0 heterocycles. The van der Waals surface area contributed by atoms with Crippen LogP contribution >= 0.6 is 22.6 Å². The number of anilines is 1. The second-order valence-electron chi connectivity index (χ2n) is 5.75. The first kappa shape index (κ1) is 19.9. The fraction of sp³-hybridized carbons (Fsp3) is 0.200. The van der Waals surface area contributed by atoms with Crippen molar-refractivity contribution in [1.82, 2.24) is 4.90 Å². The molecule has 0 bridgehead atoms. The molecule has 5 nitrogen and oxygen atoms in total. The molecule has 0 unspecified atom stereocenters. The quantitative estimate of drug-likeness (QED) is 0.377. The number of aliphatic hydroxyl groups is 1. The largest absolute Gasteiger partial charge is 0.395 e. The molecule has 2 N–H and O–H groups in total. The molecule has 2 rings (SSSR count). The number of nitrogens with zero attached hydrogens (tertiary/aromatic N) is 2. The number of aliphatic hydroxyl groups excluding tert-OH is 1. The summed E-state index contributed by atoms with van der Waals surface area (Å²) in [6.07, 6.45) is 1.50. The van der Waals surface area contributed by atoms with Gasteiger partial charge >= 0.3 is 0 Å². The van der Waals surface area contributed by atoms with Gasteiger partial charge in [0.15, 0.2) is 0 Å². The molecule has 0 spiro atoms. The van der Waals surface area contributed by atoms with Crippen LogP contribution in [0.3, 0.4) is 0 Å². The van der Waals surface area contributed by atoms with Gasteiger partial charge in [0, 0.05) is 28.5 Å². The van der Waals surface area contributed by atoms with Crippen LogP contribution in [0.4, 0.5) is 5.69 Å². The second-order valence-corrected chi connectivity index (χ2v) is 6.99. The van der Waals surface area contributed by atoms with Crippen molar-refractivity contribution in [3.05, 3.63) is 75.0 Å². The summed E-state index contributed by atoms with van der Waals surface area (Å²) in [6.45, 7) is 2.67. The molecule has 1 amide bonds. The monoisotopic (exact) mass is 461 g/mol. The van der Waals surface area contributed by atoms with Gasteiger partial charge in [-0.1, -0.05) is 30.3 Å². The Hall–Kier alpha value is -2.37. The topological polar surface area (TPSA) is 76.4 Å². The van der Waals surface area contributed by atoms with Crippen LogP contribution < -0.4 is 5.32 Å². The van der Waals surface area contributed by atoms with Gasteiger partial charge in [-0.15, -0.1) is 0 Å². The van der Waals surface area contributed by atoms with Gasteiger partial charge < -0.3 is 15.3 Å². The number of hydrogen-bond acceptors (Lipinski definition) is 4. The van der Waals surface area contributed by atoms with Gasteiger partial charge in [0.2, 0.25) is 0 Å². The van der Waals surface area contributed by atoms with E-state index in [9.17, 15) is 15.2 Å². The third kappa shape index (κ3) is 5.86. The Morgan fingerprint density at radius 2 is 2.04 bits per heavy atom. The van der Waals surface area contributed by atoms with Gasteiger partial charge in [0.25, 0.3) is 5.91 Å². The summed E-state index contributed by atoms with van der Waals surface area (Å²) in [5.41, 5.74) is 2.63. The molecular weight excluding hydrogens is 441 g/mol. The molecule has 0 saturated carbocycles. The maximum absolute atomic E-state index is 12.5. The van der Waals surface area contributed by atoms with Gasteiger partial charge in [-0.2, -0.15) is 5.26 Å². The van der Waals surface area contributed by atoms with Crippen LogP contribution in [0.1, 0.15) is 11.1 Å². The SMILES string of the molecule is Cc1cc(I)ccc1NC(=O)/C(C#N)=C\N(CCO)Cc1ccccc1. The Bertz CT molecular complexity index is 829. The number of aryl methyl sites for hydroxylation is 1. The second kappa shape index (κ2) is 9.94. The maximum atomic E-state index is 12.5. The number of nitrogens with one attached hydrogen (secondary N) is 1.